The van der Waals surface area contributed by atoms with E-state index in [1.54, 1.807) is 6.92 Å². The van der Waals surface area contributed by atoms with Crippen LogP contribution in [-0.2, 0) is 0 Å². The zero-order valence-corrected chi connectivity index (χ0v) is 9.20. The molecule has 0 amide bonds. The number of rotatable bonds is 3. The molecule has 0 bridgehead atoms. The van der Waals surface area contributed by atoms with Crippen LogP contribution >= 0.6 is 0 Å². The van der Waals surface area contributed by atoms with Crippen LogP contribution in [0.15, 0.2) is 12.1 Å². The molecule has 6 heteroatoms. The van der Waals surface area contributed by atoms with E-state index in [4.69, 9.17) is 4.74 Å². The van der Waals surface area contributed by atoms with Crippen LogP contribution < -0.4 is 4.74 Å². The average Bonchev–Trinajstić information content (AvgIpc) is 2.22. The number of ether oxygens (including phenoxy) is 1. The minimum atomic E-state index is -1.48. The molecule has 0 heterocycles. The molecule has 1 saturated carbocycles. The minimum absolute atomic E-state index is 0.268. The Morgan fingerprint density at radius 2 is 2.00 bits per heavy atom. The van der Waals surface area contributed by atoms with Crippen molar-refractivity contribution >= 4 is 5.69 Å². The zero-order chi connectivity index (χ0) is 12.6. The van der Waals surface area contributed by atoms with Crippen molar-refractivity contribution in [3.8, 4) is 5.75 Å². The van der Waals surface area contributed by atoms with Gasteiger partial charge < -0.3 is 4.74 Å². The van der Waals surface area contributed by atoms with Crippen molar-refractivity contribution in [2.45, 2.75) is 31.8 Å². The molecule has 1 aromatic rings. The maximum Gasteiger partial charge on any atom is 0.308 e. The van der Waals surface area contributed by atoms with Crippen LogP contribution in [-0.4, -0.2) is 10.5 Å². The predicted octanol–water partition coefficient (Wildman–Crippen LogP) is 3.19. The monoisotopic (exact) mass is 243 g/mol. The summed E-state index contributed by atoms with van der Waals surface area (Å²) in [6.45, 7) is 1.80. The lowest BCUT2D eigenvalue weighted by molar-refractivity contribution is -0.387. The number of halogens is 2. The van der Waals surface area contributed by atoms with Crippen LogP contribution in [0, 0.1) is 21.7 Å². The Balaban J connectivity index is 2.30. The normalized spacial score (nSPS) is 17.4. The van der Waals surface area contributed by atoms with Gasteiger partial charge in [-0.3, -0.25) is 10.1 Å². The Hall–Kier alpha value is -1.72. The lowest BCUT2D eigenvalue weighted by Gasteiger charge is -2.38. The van der Waals surface area contributed by atoms with Gasteiger partial charge in [0.15, 0.2) is 5.75 Å². The lowest BCUT2D eigenvalue weighted by atomic mass is 9.82. The van der Waals surface area contributed by atoms with Gasteiger partial charge in [-0.1, -0.05) is 0 Å². The molecule has 1 fully saturated rings. The summed E-state index contributed by atoms with van der Waals surface area (Å²) >= 11 is 0. The van der Waals surface area contributed by atoms with E-state index < -0.39 is 27.8 Å². The van der Waals surface area contributed by atoms with Crippen molar-refractivity contribution in [1.82, 2.24) is 0 Å². The van der Waals surface area contributed by atoms with E-state index in [0.29, 0.717) is 0 Å². The van der Waals surface area contributed by atoms with E-state index in [2.05, 4.69) is 0 Å². The van der Waals surface area contributed by atoms with Gasteiger partial charge in [-0.15, -0.1) is 0 Å². The molecule has 0 unspecified atom stereocenters. The van der Waals surface area contributed by atoms with Crippen molar-refractivity contribution in [2.24, 2.45) is 0 Å². The Morgan fingerprint density at radius 3 is 2.47 bits per heavy atom. The largest absolute Gasteiger partial charge is 0.484 e. The number of hydrogen-bond donors (Lipinski definition) is 0. The molecule has 0 aromatic heterocycles. The van der Waals surface area contributed by atoms with Gasteiger partial charge in [0.1, 0.15) is 5.60 Å². The molecule has 0 spiro atoms. The molecule has 0 atom stereocenters. The SMILES string of the molecule is CC1(Oc2ccc([N+](=O)[O-])c(F)c2F)CCC1. The number of benzene rings is 1. The predicted molar refractivity (Wildman–Crippen MR) is 55.9 cm³/mol. The highest BCUT2D eigenvalue weighted by Crippen LogP contribution is 2.38. The average molecular weight is 243 g/mol. The first kappa shape index (κ1) is 11.8. The number of nitro groups is 1. The van der Waals surface area contributed by atoms with E-state index in [-0.39, 0.29) is 5.75 Å². The van der Waals surface area contributed by atoms with E-state index in [0.717, 1.165) is 31.4 Å². The summed E-state index contributed by atoms with van der Waals surface area (Å²) in [6, 6.07) is 2.01. The Bertz CT molecular complexity index is 472. The van der Waals surface area contributed by atoms with Crippen LogP contribution in [0.25, 0.3) is 0 Å². The molecular weight excluding hydrogens is 232 g/mol. The van der Waals surface area contributed by atoms with Gasteiger partial charge >= 0.3 is 5.69 Å². The number of hydrogen-bond acceptors (Lipinski definition) is 3. The second-order valence-corrected chi connectivity index (χ2v) is 4.37. The van der Waals surface area contributed by atoms with Gasteiger partial charge in [0, 0.05) is 6.07 Å². The molecule has 4 nitrogen and oxygen atoms in total. The van der Waals surface area contributed by atoms with Gasteiger partial charge in [0.05, 0.1) is 4.92 Å². The van der Waals surface area contributed by atoms with Crippen molar-refractivity contribution in [3.05, 3.63) is 33.9 Å². The standard InChI is InChI=1S/C11H11F2NO3/c1-11(5-2-6-11)17-8-4-3-7(14(15)16)9(12)10(8)13/h3-4H,2,5-6H2,1H3. The summed E-state index contributed by atoms with van der Waals surface area (Å²) < 4.78 is 32.2. The smallest absolute Gasteiger partial charge is 0.308 e. The molecule has 0 saturated heterocycles. The summed E-state index contributed by atoms with van der Waals surface area (Å²) in [5.41, 5.74) is -1.36. The maximum absolute atomic E-state index is 13.5. The molecule has 17 heavy (non-hydrogen) atoms. The van der Waals surface area contributed by atoms with Crippen LogP contribution in [0.1, 0.15) is 26.2 Å². The third kappa shape index (κ3) is 2.07. The highest BCUT2D eigenvalue weighted by Gasteiger charge is 2.35. The topological polar surface area (TPSA) is 52.4 Å². The highest BCUT2D eigenvalue weighted by atomic mass is 19.2. The number of nitrogens with zero attached hydrogens (tertiary/aromatic N) is 1. The molecule has 92 valence electrons. The Labute approximate surface area is 96.3 Å². The molecule has 1 aromatic carbocycles. The molecule has 0 aliphatic heterocycles. The molecule has 0 N–H and O–H groups in total. The molecule has 1 aliphatic carbocycles. The molecule has 1 aliphatic rings. The van der Waals surface area contributed by atoms with E-state index in [9.17, 15) is 18.9 Å². The van der Waals surface area contributed by atoms with Gasteiger partial charge in [0.25, 0.3) is 0 Å². The van der Waals surface area contributed by atoms with Gasteiger partial charge in [-0.2, -0.15) is 8.78 Å². The fraction of sp³-hybridized carbons (Fsp3) is 0.455. The van der Waals surface area contributed by atoms with E-state index in [1.807, 2.05) is 0 Å². The number of nitro benzene ring substituents is 1. The first-order valence-electron chi connectivity index (χ1n) is 5.24. The second kappa shape index (κ2) is 3.94. The first-order chi connectivity index (χ1) is 7.93. The van der Waals surface area contributed by atoms with E-state index in [1.165, 1.54) is 0 Å². The zero-order valence-electron chi connectivity index (χ0n) is 9.20. The van der Waals surface area contributed by atoms with Gasteiger partial charge in [-0.25, -0.2) is 0 Å². The molecule has 0 radical (unpaired) electrons. The molecule has 2 rings (SSSR count). The highest BCUT2D eigenvalue weighted by molar-refractivity contribution is 5.39. The summed E-state index contributed by atoms with van der Waals surface area (Å²) in [4.78, 5) is 9.43. The molecular formula is C11H11F2NO3. The fourth-order valence-corrected chi connectivity index (χ4v) is 1.78. The van der Waals surface area contributed by atoms with Crippen molar-refractivity contribution in [2.75, 3.05) is 0 Å². The fourth-order valence-electron chi connectivity index (χ4n) is 1.78. The van der Waals surface area contributed by atoms with Gasteiger partial charge in [0.2, 0.25) is 11.6 Å². The van der Waals surface area contributed by atoms with E-state index >= 15 is 0 Å². The third-order valence-electron chi connectivity index (χ3n) is 2.99. The Morgan fingerprint density at radius 1 is 1.35 bits per heavy atom. The first-order valence-corrected chi connectivity index (χ1v) is 5.24. The van der Waals surface area contributed by atoms with Crippen LogP contribution in [0.2, 0.25) is 0 Å². The third-order valence-corrected chi connectivity index (χ3v) is 2.99. The minimum Gasteiger partial charge on any atom is -0.484 e. The van der Waals surface area contributed by atoms with Crippen molar-refractivity contribution in [3.63, 3.8) is 0 Å². The van der Waals surface area contributed by atoms with Crippen molar-refractivity contribution in [1.29, 1.82) is 0 Å². The van der Waals surface area contributed by atoms with Crippen molar-refractivity contribution < 1.29 is 18.4 Å². The van der Waals surface area contributed by atoms with Crippen LogP contribution in [0.3, 0.4) is 0 Å². The summed E-state index contributed by atoms with van der Waals surface area (Å²) in [5, 5.41) is 10.4. The summed E-state index contributed by atoms with van der Waals surface area (Å²) in [6.07, 6.45) is 2.52. The van der Waals surface area contributed by atoms with Crippen LogP contribution in [0.5, 0.6) is 5.75 Å². The maximum atomic E-state index is 13.5. The van der Waals surface area contributed by atoms with Crippen LogP contribution in [0.4, 0.5) is 14.5 Å². The summed E-state index contributed by atoms with van der Waals surface area (Å²) in [5.74, 6) is -3.04. The Kier molecular flexibility index (Phi) is 2.73. The summed E-state index contributed by atoms with van der Waals surface area (Å²) in [7, 11) is 0. The quantitative estimate of drug-likeness (QED) is 0.605. The lowest BCUT2D eigenvalue weighted by Crippen LogP contribution is -2.39. The second-order valence-electron chi connectivity index (χ2n) is 4.37. The van der Waals surface area contributed by atoms with Gasteiger partial charge in [-0.05, 0) is 32.3 Å².